The first kappa shape index (κ1) is 14.9. The largest absolute Gasteiger partial charge is 0.292 e. The Bertz CT molecular complexity index is 419. The smallest absolute Gasteiger partial charge is 0.0525 e. The average Bonchev–Trinajstić information content (AvgIpc) is 2.38. The lowest BCUT2D eigenvalue weighted by Crippen LogP contribution is -2.15. The van der Waals surface area contributed by atoms with Gasteiger partial charge in [-0.15, -0.1) is 0 Å². The lowest BCUT2D eigenvalue weighted by molar-refractivity contribution is 0.698. The van der Waals surface area contributed by atoms with Crippen molar-refractivity contribution in [2.24, 2.45) is 10.9 Å². The molecule has 100 valence electrons. The molecule has 1 heterocycles. The fraction of sp³-hybridized carbons (Fsp3) is 0.625. The summed E-state index contributed by atoms with van der Waals surface area (Å²) in [5.41, 5.74) is 4.79. The van der Waals surface area contributed by atoms with Crippen LogP contribution in [-0.2, 0) is 6.42 Å². The maximum absolute atomic E-state index is 4.83. The summed E-state index contributed by atoms with van der Waals surface area (Å²) in [6.07, 6.45) is 2.10. The van der Waals surface area contributed by atoms with Gasteiger partial charge in [0.05, 0.1) is 5.69 Å². The topological polar surface area (TPSA) is 25.2 Å². The number of aromatic nitrogens is 1. The molecule has 1 unspecified atom stereocenters. The molecule has 1 rings (SSSR count). The van der Waals surface area contributed by atoms with Crippen molar-refractivity contribution in [2.75, 3.05) is 7.05 Å². The first-order valence-electron chi connectivity index (χ1n) is 7.01. The van der Waals surface area contributed by atoms with Crippen molar-refractivity contribution in [1.29, 1.82) is 0 Å². The van der Waals surface area contributed by atoms with E-state index in [4.69, 9.17) is 4.98 Å². The maximum atomic E-state index is 4.83. The van der Waals surface area contributed by atoms with Crippen LogP contribution in [0.1, 0.15) is 63.9 Å². The van der Waals surface area contributed by atoms with Crippen molar-refractivity contribution < 1.29 is 0 Å². The SMILES string of the molecule is CCc1ccc(C(=NC)C(C)C)c(C(C)CC)n1. The van der Waals surface area contributed by atoms with Crippen molar-refractivity contribution in [3.8, 4) is 0 Å². The Morgan fingerprint density at radius 2 is 1.89 bits per heavy atom. The van der Waals surface area contributed by atoms with E-state index in [9.17, 15) is 0 Å². The van der Waals surface area contributed by atoms with Crippen molar-refractivity contribution in [1.82, 2.24) is 4.98 Å². The van der Waals surface area contributed by atoms with E-state index in [0.29, 0.717) is 11.8 Å². The minimum absolute atomic E-state index is 0.437. The Kier molecular flexibility index (Phi) is 5.52. The summed E-state index contributed by atoms with van der Waals surface area (Å²) in [6.45, 7) is 11.0. The molecule has 1 atom stereocenters. The molecule has 0 aliphatic heterocycles. The van der Waals surface area contributed by atoms with Gasteiger partial charge in [-0.2, -0.15) is 0 Å². The second kappa shape index (κ2) is 6.67. The van der Waals surface area contributed by atoms with Crippen LogP contribution in [0.5, 0.6) is 0 Å². The predicted octanol–water partition coefficient (Wildman–Crippen LogP) is 4.23. The molecule has 0 spiro atoms. The third kappa shape index (κ3) is 3.18. The monoisotopic (exact) mass is 246 g/mol. The van der Waals surface area contributed by atoms with Crippen LogP contribution in [0.25, 0.3) is 0 Å². The number of nitrogens with zero attached hydrogens (tertiary/aromatic N) is 2. The van der Waals surface area contributed by atoms with Crippen molar-refractivity contribution in [3.05, 3.63) is 29.1 Å². The Morgan fingerprint density at radius 1 is 1.22 bits per heavy atom. The zero-order valence-corrected chi connectivity index (χ0v) is 12.6. The van der Waals surface area contributed by atoms with E-state index in [1.165, 1.54) is 22.7 Å². The minimum atomic E-state index is 0.437. The van der Waals surface area contributed by atoms with E-state index in [2.05, 4.69) is 51.7 Å². The molecule has 0 radical (unpaired) electrons. The molecule has 2 heteroatoms. The van der Waals surface area contributed by atoms with Gasteiger partial charge in [-0.05, 0) is 36.8 Å². The normalized spacial score (nSPS) is 14.1. The Balaban J connectivity index is 3.34. The molecule has 18 heavy (non-hydrogen) atoms. The van der Waals surface area contributed by atoms with Gasteiger partial charge in [0.2, 0.25) is 0 Å². The minimum Gasteiger partial charge on any atom is -0.292 e. The lowest BCUT2D eigenvalue weighted by atomic mass is 9.91. The quantitative estimate of drug-likeness (QED) is 0.714. The molecule has 0 saturated heterocycles. The molecular weight excluding hydrogens is 220 g/mol. The van der Waals surface area contributed by atoms with Gasteiger partial charge in [-0.1, -0.05) is 34.6 Å². The Labute approximate surface area is 112 Å². The van der Waals surface area contributed by atoms with E-state index >= 15 is 0 Å². The van der Waals surface area contributed by atoms with Gasteiger partial charge >= 0.3 is 0 Å². The van der Waals surface area contributed by atoms with E-state index in [1.807, 2.05) is 7.05 Å². The number of pyridine rings is 1. The molecule has 2 nitrogen and oxygen atoms in total. The summed E-state index contributed by atoms with van der Waals surface area (Å²) in [6, 6.07) is 4.34. The molecule has 0 aliphatic rings. The maximum Gasteiger partial charge on any atom is 0.0525 e. The van der Waals surface area contributed by atoms with Gasteiger partial charge in [0.15, 0.2) is 0 Å². The fourth-order valence-electron chi connectivity index (χ4n) is 2.19. The number of aliphatic imine (C=N–C) groups is 1. The highest BCUT2D eigenvalue weighted by molar-refractivity contribution is 6.02. The summed E-state index contributed by atoms with van der Waals surface area (Å²) in [4.78, 5) is 9.30. The molecular formula is C16H26N2. The standard InChI is InChI=1S/C16H26N2/c1-7-12(5)16-14(15(17-6)11(3)4)10-9-13(8-2)18-16/h9-12H,7-8H2,1-6H3. The van der Waals surface area contributed by atoms with Gasteiger partial charge < -0.3 is 0 Å². The second-order valence-corrected chi connectivity index (χ2v) is 5.16. The van der Waals surface area contributed by atoms with E-state index in [1.54, 1.807) is 0 Å². The number of hydrogen-bond acceptors (Lipinski definition) is 2. The molecule has 0 saturated carbocycles. The van der Waals surface area contributed by atoms with Crippen LogP contribution in [0.2, 0.25) is 0 Å². The predicted molar refractivity (Wildman–Crippen MR) is 79.6 cm³/mol. The molecule has 0 amide bonds. The van der Waals surface area contributed by atoms with Crippen molar-refractivity contribution >= 4 is 5.71 Å². The molecule has 1 aromatic rings. The van der Waals surface area contributed by atoms with Crippen LogP contribution in [-0.4, -0.2) is 17.7 Å². The molecule has 0 fully saturated rings. The van der Waals surface area contributed by atoms with E-state index in [0.717, 1.165) is 12.8 Å². The average molecular weight is 246 g/mol. The summed E-state index contributed by atoms with van der Waals surface area (Å²) < 4.78 is 0. The van der Waals surface area contributed by atoms with Crippen LogP contribution in [0.15, 0.2) is 17.1 Å². The molecule has 0 aromatic carbocycles. The number of rotatable bonds is 5. The zero-order chi connectivity index (χ0) is 13.7. The van der Waals surface area contributed by atoms with Crippen LogP contribution in [0, 0.1) is 5.92 Å². The number of hydrogen-bond donors (Lipinski definition) is 0. The summed E-state index contributed by atoms with van der Waals surface area (Å²) >= 11 is 0. The Hall–Kier alpha value is -1.18. The third-order valence-electron chi connectivity index (χ3n) is 3.49. The van der Waals surface area contributed by atoms with E-state index < -0.39 is 0 Å². The molecule has 0 bridgehead atoms. The first-order valence-corrected chi connectivity index (χ1v) is 7.01. The van der Waals surface area contributed by atoms with Crippen molar-refractivity contribution in [3.63, 3.8) is 0 Å². The second-order valence-electron chi connectivity index (χ2n) is 5.16. The Morgan fingerprint density at radius 3 is 2.33 bits per heavy atom. The van der Waals surface area contributed by atoms with Crippen LogP contribution in [0.4, 0.5) is 0 Å². The number of aryl methyl sites for hydroxylation is 1. The van der Waals surface area contributed by atoms with Crippen molar-refractivity contribution in [2.45, 2.75) is 53.4 Å². The molecule has 0 aliphatic carbocycles. The summed E-state index contributed by atoms with van der Waals surface area (Å²) in [5.74, 6) is 0.925. The van der Waals surface area contributed by atoms with Gasteiger partial charge in [0.1, 0.15) is 0 Å². The first-order chi connectivity index (χ1) is 8.54. The van der Waals surface area contributed by atoms with E-state index in [-0.39, 0.29) is 0 Å². The molecule has 1 aromatic heterocycles. The van der Waals surface area contributed by atoms with Crippen LogP contribution < -0.4 is 0 Å². The van der Waals surface area contributed by atoms with Crippen LogP contribution in [0.3, 0.4) is 0 Å². The zero-order valence-electron chi connectivity index (χ0n) is 12.6. The highest BCUT2D eigenvalue weighted by Gasteiger charge is 2.17. The highest BCUT2D eigenvalue weighted by Crippen LogP contribution is 2.24. The van der Waals surface area contributed by atoms with Gasteiger partial charge in [0, 0.05) is 24.0 Å². The third-order valence-corrected chi connectivity index (χ3v) is 3.49. The van der Waals surface area contributed by atoms with Gasteiger partial charge in [-0.25, -0.2) is 0 Å². The van der Waals surface area contributed by atoms with Gasteiger partial charge in [-0.3, -0.25) is 9.98 Å². The highest BCUT2D eigenvalue weighted by atomic mass is 14.7. The summed E-state index contributed by atoms with van der Waals surface area (Å²) in [7, 11) is 1.88. The van der Waals surface area contributed by atoms with Gasteiger partial charge in [0.25, 0.3) is 0 Å². The summed E-state index contributed by atoms with van der Waals surface area (Å²) in [5, 5.41) is 0. The molecule has 0 N–H and O–H groups in total. The lowest BCUT2D eigenvalue weighted by Gasteiger charge is -2.18. The van der Waals surface area contributed by atoms with Crippen LogP contribution >= 0.6 is 0 Å². The fourth-order valence-corrected chi connectivity index (χ4v) is 2.19.